The summed E-state index contributed by atoms with van der Waals surface area (Å²) in [5.74, 6) is -0.484. The van der Waals surface area contributed by atoms with Gasteiger partial charge in [0.25, 0.3) is 0 Å². The monoisotopic (exact) mass is 401 g/mol. The Balaban J connectivity index is 1.56. The number of carbonyl (C=O) groups is 3. The number of ether oxygens (including phenoxy) is 1. The Labute approximate surface area is 153 Å². The van der Waals surface area contributed by atoms with Crippen molar-refractivity contribution < 1.29 is 19.1 Å². The van der Waals surface area contributed by atoms with Gasteiger partial charge in [0.2, 0.25) is 11.8 Å². The molecule has 0 spiro atoms. The first-order valence-corrected chi connectivity index (χ1v) is 8.72. The van der Waals surface area contributed by atoms with Crippen LogP contribution in [-0.4, -0.2) is 29.2 Å². The van der Waals surface area contributed by atoms with Gasteiger partial charge < -0.3 is 4.74 Å². The lowest BCUT2D eigenvalue weighted by Crippen LogP contribution is -2.31. The van der Waals surface area contributed by atoms with Crippen LogP contribution >= 0.6 is 15.9 Å². The first kappa shape index (κ1) is 17.4. The van der Waals surface area contributed by atoms with Gasteiger partial charge >= 0.3 is 5.97 Å². The Bertz CT molecular complexity index is 783. The summed E-state index contributed by atoms with van der Waals surface area (Å²) in [5, 5.41) is 0. The molecule has 3 rings (SSSR count). The summed E-state index contributed by atoms with van der Waals surface area (Å²) in [4.78, 5) is 36.0. The summed E-state index contributed by atoms with van der Waals surface area (Å²) < 4.78 is 6.27. The van der Waals surface area contributed by atoms with Crippen LogP contribution in [0.4, 0.5) is 0 Å². The second-order valence-corrected chi connectivity index (χ2v) is 6.61. The number of hydrogen-bond acceptors (Lipinski definition) is 4. The molecular weight excluding hydrogens is 386 g/mol. The Hall–Kier alpha value is -2.47. The van der Waals surface area contributed by atoms with E-state index in [1.807, 2.05) is 36.4 Å². The number of halogens is 1. The first-order valence-electron chi connectivity index (χ1n) is 7.93. The number of benzene rings is 2. The highest BCUT2D eigenvalue weighted by atomic mass is 79.9. The molecule has 6 heteroatoms. The summed E-state index contributed by atoms with van der Waals surface area (Å²) in [6.45, 7) is 0.0769. The number of hydrogen-bond donors (Lipinski definition) is 0. The SMILES string of the molecule is O=C(CCN1C(=O)CCC1=O)Oc1ccc(-c2ccc(Br)cc2)cc1. The second-order valence-electron chi connectivity index (χ2n) is 5.69. The molecule has 0 saturated carbocycles. The lowest BCUT2D eigenvalue weighted by atomic mass is 10.1. The summed E-state index contributed by atoms with van der Waals surface area (Å²) in [7, 11) is 0. The van der Waals surface area contributed by atoms with Crippen molar-refractivity contribution >= 4 is 33.7 Å². The van der Waals surface area contributed by atoms with Crippen molar-refractivity contribution in [3.8, 4) is 16.9 Å². The summed E-state index contributed by atoms with van der Waals surface area (Å²) in [5.41, 5.74) is 2.08. The summed E-state index contributed by atoms with van der Waals surface area (Å²) in [6.07, 6.45) is 0.447. The molecule has 0 N–H and O–H groups in total. The molecule has 2 aromatic carbocycles. The molecule has 0 aliphatic carbocycles. The highest BCUT2D eigenvalue weighted by Gasteiger charge is 2.29. The van der Waals surface area contributed by atoms with Crippen LogP contribution in [0, 0.1) is 0 Å². The third kappa shape index (κ3) is 4.33. The number of carbonyl (C=O) groups excluding carboxylic acids is 3. The van der Waals surface area contributed by atoms with Gasteiger partial charge in [0, 0.05) is 23.9 Å². The largest absolute Gasteiger partial charge is 0.426 e. The van der Waals surface area contributed by atoms with E-state index in [1.54, 1.807) is 12.1 Å². The van der Waals surface area contributed by atoms with Gasteiger partial charge in [-0.15, -0.1) is 0 Å². The van der Waals surface area contributed by atoms with Gasteiger partial charge in [0.15, 0.2) is 0 Å². The summed E-state index contributed by atoms with van der Waals surface area (Å²) in [6, 6.07) is 15.1. The lowest BCUT2D eigenvalue weighted by molar-refractivity contribution is -0.140. The van der Waals surface area contributed by atoms with Gasteiger partial charge in [-0.2, -0.15) is 0 Å². The highest BCUT2D eigenvalue weighted by molar-refractivity contribution is 9.10. The van der Waals surface area contributed by atoms with Crippen molar-refractivity contribution in [1.29, 1.82) is 0 Å². The normalized spacial score (nSPS) is 14.0. The minimum Gasteiger partial charge on any atom is -0.426 e. The van der Waals surface area contributed by atoms with E-state index in [4.69, 9.17) is 4.74 Å². The zero-order valence-corrected chi connectivity index (χ0v) is 15.0. The van der Waals surface area contributed by atoms with Crippen molar-refractivity contribution in [2.45, 2.75) is 19.3 Å². The minimum atomic E-state index is -0.469. The number of imide groups is 1. The standard InChI is InChI=1S/C19H16BrNO4/c20-15-5-1-13(2-6-15)14-3-7-16(8-4-14)25-19(24)11-12-21-17(22)9-10-18(21)23/h1-8H,9-12H2. The average Bonchev–Trinajstić information content (AvgIpc) is 2.93. The van der Waals surface area contributed by atoms with E-state index < -0.39 is 5.97 Å². The fourth-order valence-corrected chi connectivity index (χ4v) is 2.88. The third-order valence-electron chi connectivity index (χ3n) is 3.96. The van der Waals surface area contributed by atoms with E-state index in [0.717, 1.165) is 20.5 Å². The number of amides is 2. The van der Waals surface area contributed by atoms with Gasteiger partial charge in [-0.1, -0.05) is 40.2 Å². The first-order chi connectivity index (χ1) is 12.0. The van der Waals surface area contributed by atoms with E-state index in [1.165, 1.54) is 0 Å². The summed E-state index contributed by atoms with van der Waals surface area (Å²) >= 11 is 3.40. The van der Waals surface area contributed by atoms with Gasteiger partial charge in [-0.25, -0.2) is 0 Å². The molecule has 1 saturated heterocycles. The topological polar surface area (TPSA) is 63.7 Å². The Morgan fingerprint density at radius 1 is 0.920 bits per heavy atom. The fraction of sp³-hybridized carbons (Fsp3) is 0.211. The minimum absolute atomic E-state index is 0.00799. The lowest BCUT2D eigenvalue weighted by Gasteiger charge is -2.13. The smallest absolute Gasteiger partial charge is 0.312 e. The van der Waals surface area contributed by atoms with Crippen LogP contribution in [0.5, 0.6) is 5.75 Å². The molecule has 0 radical (unpaired) electrons. The van der Waals surface area contributed by atoms with Crippen molar-refractivity contribution in [1.82, 2.24) is 4.90 Å². The Kier molecular flexibility index (Phi) is 5.28. The van der Waals surface area contributed by atoms with E-state index in [9.17, 15) is 14.4 Å². The molecule has 0 unspecified atom stereocenters. The van der Waals surface area contributed by atoms with Crippen LogP contribution in [0.15, 0.2) is 53.0 Å². The molecule has 25 heavy (non-hydrogen) atoms. The molecule has 0 aromatic heterocycles. The number of nitrogens with zero attached hydrogens (tertiary/aromatic N) is 1. The third-order valence-corrected chi connectivity index (χ3v) is 4.49. The van der Waals surface area contributed by atoms with Gasteiger partial charge in [-0.05, 0) is 35.4 Å². The second kappa shape index (κ2) is 7.61. The molecular formula is C19H16BrNO4. The maximum Gasteiger partial charge on any atom is 0.312 e. The molecule has 1 heterocycles. The van der Waals surface area contributed by atoms with E-state index in [-0.39, 0.29) is 37.6 Å². The van der Waals surface area contributed by atoms with Crippen molar-refractivity contribution in [3.05, 3.63) is 53.0 Å². The predicted octanol–water partition coefficient (Wildman–Crippen LogP) is 3.56. The maximum atomic E-state index is 11.9. The van der Waals surface area contributed by atoms with Crippen molar-refractivity contribution in [3.63, 3.8) is 0 Å². The van der Waals surface area contributed by atoms with Crippen molar-refractivity contribution in [2.75, 3.05) is 6.54 Å². The van der Waals surface area contributed by atoms with Crippen molar-refractivity contribution in [2.24, 2.45) is 0 Å². The fourth-order valence-electron chi connectivity index (χ4n) is 2.62. The molecule has 0 atom stereocenters. The quantitative estimate of drug-likeness (QED) is 0.436. The van der Waals surface area contributed by atoms with Crippen LogP contribution in [-0.2, 0) is 14.4 Å². The zero-order valence-electron chi connectivity index (χ0n) is 13.4. The van der Waals surface area contributed by atoms with Gasteiger partial charge in [-0.3, -0.25) is 19.3 Å². The van der Waals surface area contributed by atoms with E-state index in [0.29, 0.717) is 5.75 Å². The van der Waals surface area contributed by atoms with Crippen LogP contribution in [0.1, 0.15) is 19.3 Å². The van der Waals surface area contributed by atoms with Crippen LogP contribution in [0.2, 0.25) is 0 Å². The van der Waals surface area contributed by atoms with Crippen LogP contribution in [0.3, 0.4) is 0 Å². The Morgan fingerprint density at radius 3 is 2.00 bits per heavy atom. The van der Waals surface area contributed by atoms with Gasteiger partial charge in [0.1, 0.15) is 5.75 Å². The molecule has 2 aromatic rings. The number of rotatable bonds is 5. The predicted molar refractivity (Wildman–Crippen MR) is 95.8 cm³/mol. The Morgan fingerprint density at radius 2 is 1.44 bits per heavy atom. The van der Waals surface area contributed by atoms with E-state index in [2.05, 4.69) is 15.9 Å². The number of likely N-dealkylation sites (tertiary alicyclic amines) is 1. The van der Waals surface area contributed by atoms with Crippen LogP contribution in [0.25, 0.3) is 11.1 Å². The molecule has 1 aliphatic heterocycles. The van der Waals surface area contributed by atoms with Gasteiger partial charge in [0.05, 0.1) is 6.42 Å². The molecule has 2 amide bonds. The zero-order chi connectivity index (χ0) is 17.8. The molecule has 1 aliphatic rings. The average molecular weight is 402 g/mol. The molecule has 5 nitrogen and oxygen atoms in total. The van der Waals surface area contributed by atoms with Crippen LogP contribution < -0.4 is 4.74 Å². The maximum absolute atomic E-state index is 11.9. The highest BCUT2D eigenvalue weighted by Crippen LogP contribution is 2.24. The molecule has 1 fully saturated rings. The molecule has 0 bridgehead atoms. The number of esters is 1. The molecule has 128 valence electrons. The van der Waals surface area contributed by atoms with E-state index >= 15 is 0 Å².